The number of carbonyl (C=O) groups is 1. The monoisotopic (exact) mass is 456 g/mol. The second-order valence-corrected chi connectivity index (χ2v) is 7.66. The van der Waals surface area contributed by atoms with E-state index in [0.717, 1.165) is 12.8 Å². The highest BCUT2D eigenvalue weighted by Gasteiger charge is 2.32. The van der Waals surface area contributed by atoms with Crippen molar-refractivity contribution >= 4 is 32.2 Å². The van der Waals surface area contributed by atoms with Crippen LogP contribution in [0.2, 0.25) is 0 Å². The maximum absolute atomic E-state index is 10.8. The smallest absolute Gasteiger partial charge is 0.303 e. The second kappa shape index (κ2) is 10.5. The van der Waals surface area contributed by atoms with Gasteiger partial charge in [-0.15, -0.1) is 26.2 Å². The zero-order valence-corrected chi connectivity index (χ0v) is 18.6. The van der Waals surface area contributed by atoms with Crippen molar-refractivity contribution < 1.29 is 9.90 Å². The van der Waals surface area contributed by atoms with E-state index in [1.165, 1.54) is 22.3 Å². The van der Waals surface area contributed by atoms with Gasteiger partial charge < -0.3 is 5.11 Å². The Hall–Kier alpha value is -1.96. The largest absolute Gasteiger partial charge is 0.481 e. The average Bonchev–Trinajstić information content (AvgIpc) is 2.72. The van der Waals surface area contributed by atoms with E-state index in [4.69, 9.17) is 5.11 Å². The van der Waals surface area contributed by atoms with Gasteiger partial charge in [0.2, 0.25) is 0 Å². The van der Waals surface area contributed by atoms with Crippen molar-refractivity contribution in [1.29, 1.82) is 0 Å². The third kappa shape index (κ3) is 5.10. The molecule has 1 atom stereocenters. The van der Waals surface area contributed by atoms with E-state index in [9.17, 15) is 4.79 Å². The number of carboxylic acids is 1. The molecule has 4 heteroatoms. The van der Waals surface area contributed by atoms with Gasteiger partial charge in [-0.2, -0.15) is 0 Å². The van der Waals surface area contributed by atoms with E-state index in [2.05, 4.69) is 82.0 Å². The van der Waals surface area contributed by atoms with Crippen LogP contribution in [-0.4, -0.2) is 11.1 Å². The summed E-state index contributed by atoms with van der Waals surface area (Å²) in [6, 6.07) is 29.6. The molecule has 3 rings (SSSR count). The Bertz CT molecular complexity index is 842. The van der Waals surface area contributed by atoms with Crippen LogP contribution in [0, 0.1) is 0 Å². The maximum atomic E-state index is 10.8. The molecule has 1 unspecified atom stereocenters. The summed E-state index contributed by atoms with van der Waals surface area (Å²) in [4.78, 5) is 10.8. The number of aryl methyl sites for hydroxylation is 1. The summed E-state index contributed by atoms with van der Waals surface area (Å²) in [5.74, 6) is -0.725. The fourth-order valence-corrected chi connectivity index (χ4v) is 4.26. The van der Waals surface area contributed by atoms with Gasteiger partial charge in [0.05, 0.1) is 5.16 Å². The van der Waals surface area contributed by atoms with Gasteiger partial charge in [0.1, 0.15) is 0 Å². The van der Waals surface area contributed by atoms with Crippen molar-refractivity contribution in [2.45, 2.75) is 30.8 Å². The van der Waals surface area contributed by atoms with Crippen LogP contribution in [0.4, 0.5) is 0 Å². The standard InChI is InChI=1S/C24H25O2P.BrH/c25-23(26)18-10-8-12-19-11-7-9-17-22(19)24(27,20-13-3-1-4-14-20)21-15-5-2-6-16-21;/h1-7,9,11,13-17H,8,10,12,18,27H2,(H,25,26);1H. The molecule has 0 spiro atoms. The molecule has 0 aliphatic heterocycles. The van der Waals surface area contributed by atoms with Crippen molar-refractivity contribution in [3.8, 4) is 0 Å². The normalized spacial score (nSPS) is 10.9. The first-order valence-electron chi connectivity index (χ1n) is 9.32. The van der Waals surface area contributed by atoms with Crippen molar-refractivity contribution in [1.82, 2.24) is 0 Å². The zero-order valence-electron chi connectivity index (χ0n) is 15.8. The Balaban J connectivity index is 0.00000280. The number of aliphatic carboxylic acids is 1. The number of benzene rings is 3. The minimum atomic E-state index is -0.725. The summed E-state index contributed by atoms with van der Waals surface area (Å²) in [6.45, 7) is 0. The predicted molar refractivity (Wildman–Crippen MR) is 124 cm³/mol. The molecule has 0 aliphatic carbocycles. The summed E-state index contributed by atoms with van der Waals surface area (Å²) in [7, 11) is 3.09. The SMILES string of the molecule is Br.O=C(O)CCCCc1ccccc1C(P)(c1ccccc1)c1ccccc1. The molecule has 0 heterocycles. The summed E-state index contributed by atoms with van der Waals surface area (Å²) in [5.41, 5.74) is 4.96. The summed E-state index contributed by atoms with van der Waals surface area (Å²) >= 11 is 0. The summed E-state index contributed by atoms with van der Waals surface area (Å²) < 4.78 is 0. The lowest BCUT2D eigenvalue weighted by atomic mass is 9.81. The Morgan fingerprint density at radius 3 is 1.82 bits per heavy atom. The van der Waals surface area contributed by atoms with E-state index >= 15 is 0 Å². The van der Waals surface area contributed by atoms with Gasteiger partial charge in [-0.05, 0) is 41.5 Å². The molecule has 0 radical (unpaired) electrons. The molecule has 3 aromatic carbocycles. The minimum absolute atomic E-state index is 0. The number of carboxylic acid groups (broad SMARTS) is 1. The number of halogens is 1. The first-order valence-corrected chi connectivity index (χ1v) is 9.90. The van der Waals surface area contributed by atoms with Gasteiger partial charge in [-0.1, -0.05) is 84.9 Å². The quantitative estimate of drug-likeness (QED) is 0.247. The van der Waals surface area contributed by atoms with Crippen LogP contribution in [-0.2, 0) is 16.4 Å². The fourth-order valence-electron chi connectivity index (χ4n) is 3.59. The first kappa shape index (κ1) is 22.3. The molecule has 146 valence electrons. The summed E-state index contributed by atoms with van der Waals surface area (Å²) in [6.07, 6.45) is 2.67. The van der Waals surface area contributed by atoms with Crippen molar-refractivity contribution in [2.24, 2.45) is 0 Å². The van der Waals surface area contributed by atoms with Gasteiger partial charge >= 0.3 is 5.97 Å². The van der Waals surface area contributed by atoms with Crippen LogP contribution in [0.3, 0.4) is 0 Å². The average molecular weight is 457 g/mol. The van der Waals surface area contributed by atoms with Crippen molar-refractivity contribution in [3.63, 3.8) is 0 Å². The molecule has 28 heavy (non-hydrogen) atoms. The molecule has 0 saturated heterocycles. The van der Waals surface area contributed by atoms with Crippen LogP contribution < -0.4 is 0 Å². The first-order chi connectivity index (χ1) is 13.1. The van der Waals surface area contributed by atoms with Crippen molar-refractivity contribution in [3.05, 3.63) is 107 Å². The third-order valence-corrected chi connectivity index (χ3v) is 5.96. The Kier molecular flexibility index (Phi) is 8.41. The van der Waals surface area contributed by atoms with Crippen LogP contribution in [0.15, 0.2) is 84.9 Å². The van der Waals surface area contributed by atoms with Crippen LogP contribution in [0.5, 0.6) is 0 Å². The Labute approximate surface area is 180 Å². The maximum Gasteiger partial charge on any atom is 0.303 e. The van der Waals surface area contributed by atoms with Crippen LogP contribution in [0.25, 0.3) is 0 Å². The molecule has 0 amide bonds. The van der Waals surface area contributed by atoms with E-state index in [1.54, 1.807) is 0 Å². The van der Waals surface area contributed by atoms with Gasteiger partial charge in [-0.25, -0.2) is 0 Å². The third-order valence-electron chi connectivity index (χ3n) is 4.99. The molecular formula is C24H26BrO2P. The van der Waals surface area contributed by atoms with E-state index in [0.29, 0.717) is 6.42 Å². The van der Waals surface area contributed by atoms with Gasteiger partial charge in [0.25, 0.3) is 0 Å². The molecule has 0 aliphatic rings. The number of hydrogen-bond donors (Lipinski definition) is 1. The highest BCUT2D eigenvalue weighted by atomic mass is 79.9. The summed E-state index contributed by atoms with van der Waals surface area (Å²) in [5, 5.41) is 8.55. The van der Waals surface area contributed by atoms with E-state index in [1.807, 2.05) is 12.1 Å². The highest BCUT2D eigenvalue weighted by molar-refractivity contribution is 8.93. The number of rotatable bonds is 8. The van der Waals surface area contributed by atoms with E-state index < -0.39 is 5.97 Å². The van der Waals surface area contributed by atoms with Gasteiger partial charge in [-0.3, -0.25) is 4.79 Å². The fraction of sp³-hybridized carbons (Fsp3) is 0.208. The van der Waals surface area contributed by atoms with Gasteiger partial charge in [0.15, 0.2) is 0 Å². The lowest BCUT2D eigenvalue weighted by Gasteiger charge is -2.33. The van der Waals surface area contributed by atoms with Crippen LogP contribution in [0.1, 0.15) is 41.5 Å². The lowest BCUT2D eigenvalue weighted by Crippen LogP contribution is -2.23. The molecule has 2 nitrogen and oxygen atoms in total. The minimum Gasteiger partial charge on any atom is -0.481 e. The zero-order chi connectivity index (χ0) is 19.1. The Morgan fingerprint density at radius 2 is 1.29 bits per heavy atom. The molecular weight excluding hydrogens is 431 g/mol. The van der Waals surface area contributed by atoms with Crippen LogP contribution >= 0.6 is 26.2 Å². The van der Waals surface area contributed by atoms with Gasteiger partial charge in [0, 0.05) is 6.42 Å². The van der Waals surface area contributed by atoms with Crippen molar-refractivity contribution in [2.75, 3.05) is 0 Å². The molecule has 0 saturated carbocycles. The number of unbranched alkanes of at least 4 members (excludes halogenated alkanes) is 1. The molecule has 0 bridgehead atoms. The molecule has 0 fully saturated rings. The lowest BCUT2D eigenvalue weighted by molar-refractivity contribution is -0.137. The predicted octanol–water partition coefficient (Wildman–Crippen LogP) is 6.23. The second-order valence-electron chi connectivity index (χ2n) is 6.80. The highest BCUT2D eigenvalue weighted by Crippen LogP contribution is 2.46. The molecule has 1 N–H and O–H groups in total. The Morgan fingerprint density at radius 1 is 0.786 bits per heavy atom. The number of hydrogen-bond acceptors (Lipinski definition) is 1. The van der Waals surface area contributed by atoms with E-state index in [-0.39, 0.29) is 28.6 Å². The topological polar surface area (TPSA) is 37.3 Å². The molecule has 0 aromatic heterocycles. The molecule has 3 aromatic rings.